The van der Waals surface area contributed by atoms with E-state index in [2.05, 4.69) is 12.2 Å². The molecule has 20 heavy (non-hydrogen) atoms. The van der Waals surface area contributed by atoms with Crippen molar-refractivity contribution >= 4 is 17.5 Å². The van der Waals surface area contributed by atoms with E-state index in [4.69, 9.17) is 16.3 Å². The summed E-state index contributed by atoms with van der Waals surface area (Å²) >= 11 is 5.76. The third kappa shape index (κ3) is 3.89. The average molecular weight is 296 g/mol. The molecule has 1 aromatic rings. The molecule has 2 unspecified atom stereocenters. The minimum absolute atomic E-state index is 0.0848. The number of carbonyl (C=O) groups is 1. The molecule has 1 amide bonds. The van der Waals surface area contributed by atoms with E-state index in [9.17, 15) is 4.79 Å². The fraction of sp³-hybridized carbons (Fsp3) is 0.562. The van der Waals surface area contributed by atoms with Crippen LogP contribution in [-0.4, -0.2) is 24.9 Å². The fourth-order valence-electron chi connectivity index (χ4n) is 2.49. The smallest absolute Gasteiger partial charge is 0.226 e. The second-order valence-corrected chi connectivity index (χ2v) is 5.69. The van der Waals surface area contributed by atoms with Crippen molar-refractivity contribution in [3.63, 3.8) is 0 Å². The number of alkyl halides is 1. The number of amides is 1. The number of para-hydroxylation sites is 1. The molecule has 110 valence electrons. The minimum atomic E-state index is -0.0848. The summed E-state index contributed by atoms with van der Waals surface area (Å²) in [5, 5.41) is 3.04. The number of halogens is 1. The van der Waals surface area contributed by atoms with E-state index >= 15 is 0 Å². The molecule has 0 radical (unpaired) electrons. The van der Waals surface area contributed by atoms with Crippen molar-refractivity contribution in [2.45, 2.75) is 26.2 Å². The van der Waals surface area contributed by atoms with Crippen LogP contribution in [0.5, 0.6) is 5.75 Å². The molecule has 2 rings (SSSR count). The van der Waals surface area contributed by atoms with Crippen LogP contribution in [0.25, 0.3) is 0 Å². The van der Waals surface area contributed by atoms with E-state index < -0.39 is 0 Å². The van der Waals surface area contributed by atoms with Crippen molar-refractivity contribution in [3.05, 3.63) is 29.8 Å². The van der Waals surface area contributed by atoms with E-state index in [1.54, 1.807) is 0 Å². The van der Waals surface area contributed by atoms with Gasteiger partial charge in [-0.15, -0.1) is 11.6 Å². The van der Waals surface area contributed by atoms with Crippen LogP contribution in [0.15, 0.2) is 24.3 Å². The van der Waals surface area contributed by atoms with Gasteiger partial charge in [-0.3, -0.25) is 4.79 Å². The van der Waals surface area contributed by atoms with E-state index in [1.807, 2.05) is 24.3 Å². The highest BCUT2D eigenvalue weighted by atomic mass is 35.5. The molecule has 0 aromatic heterocycles. The average Bonchev–Trinajstić information content (AvgIpc) is 2.50. The third-order valence-electron chi connectivity index (χ3n) is 3.91. The van der Waals surface area contributed by atoms with Gasteiger partial charge in [0.1, 0.15) is 12.4 Å². The largest absolute Gasteiger partial charge is 0.492 e. The maximum absolute atomic E-state index is 12.2. The SMILES string of the molecule is CCC(CCCl)CNC(=O)C1COc2ccccc2C1. The Hall–Kier alpha value is -1.22. The predicted molar refractivity (Wildman–Crippen MR) is 81.3 cm³/mol. The summed E-state index contributed by atoms with van der Waals surface area (Å²) in [6.45, 7) is 3.30. The predicted octanol–water partition coefficient (Wildman–Crippen LogP) is 3.01. The highest BCUT2D eigenvalue weighted by molar-refractivity contribution is 6.17. The molecule has 0 aliphatic carbocycles. The van der Waals surface area contributed by atoms with Crippen molar-refractivity contribution < 1.29 is 9.53 Å². The molecule has 3 nitrogen and oxygen atoms in total. The van der Waals surface area contributed by atoms with Gasteiger partial charge in [0.2, 0.25) is 5.91 Å². The zero-order chi connectivity index (χ0) is 14.4. The molecule has 1 N–H and O–H groups in total. The number of hydrogen-bond donors (Lipinski definition) is 1. The lowest BCUT2D eigenvalue weighted by molar-refractivity contribution is -0.126. The Labute approximate surface area is 125 Å². The summed E-state index contributed by atoms with van der Waals surface area (Å²) in [6, 6.07) is 7.92. The number of nitrogens with one attached hydrogen (secondary N) is 1. The monoisotopic (exact) mass is 295 g/mol. The molecule has 0 spiro atoms. The van der Waals surface area contributed by atoms with E-state index in [0.717, 1.165) is 30.6 Å². The standard InChI is InChI=1S/C16H22ClNO2/c1-2-12(7-8-17)10-18-16(19)14-9-13-5-3-4-6-15(13)20-11-14/h3-6,12,14H,2,7-11H2,1H3,(H,18,19). The zero-order valence-corrected chi connectivity index (χ0v) is 12.7. The van der Waals surface area contributed by atoms with Gasteiger partial charge in [-0.2, -0.15) is 0 Å². The second kappa shape index (κ2) is 7.53. The molecule has 0 saturated heterocycles. The molecule has 1 aliphatic rings. The van der Waals surface area contributed by atoms with Crippen LogP contribution in [-0.2, 0) is 11.2 Å². The van der Waals surface area contributed by atoms with Crippen LogP contribution in [0.4, 0.5) is 0 Å². The van der Waals surface area contributed by atoms with Gasteiger partial charge >= 0.3 is 0 Å². The summed E-state index contributed by atoms with van der Waals surface area (Å²) < 4.78 is 5.66. The molecule has 1 aliphatic heterocycles. The van der Waals surface area contributed by atoms with Crippen LogP contribution in [0.2, 0.25) is 0 Å². The van der Waals surface area contributed by atoms with Gasteiger partial charge in [-0.25, -0.2) is 0 Å². The summed E-state index contributed by atoms with van der Waals surface area (Å²) in [5.74, 6) is 2.03. The molecule has 4 heteroatoms. The van der Waals surface area contributed by atoms with Gasteiger partial charge in [0, 0.05) is 12.4 Å². The van der Waals surface area contributed by atoms with Crippen LogP contribution in [0.1, 0.15) is 25.3 Å². The first-order valence-electron chi connectivity index (χ1n) is 7.29. The summed E-state index contributed by atoms with van der Waals surface area (Å²) in [7, 11) is 0. The first-order valence-corrected chi connectivity index (χ1v) is 7.82. The lowest BCUT2D eigenvalue weighted by atomic mass is 9.95. The normalized spacial score (nSPS) is 18.8. The fourth-order valence-corrected chi connectivity index (χ4v) is 2.80. The Morgan fingerprint density at radius 1 is 1.50 bits per heavy atom. The molecule has 1 aromatic carbocycles. The minimum Gasteiger partial charge on any atom is -0.492 e. The van der Waals surface area contributed by atoms with E-state index in [1.165, 1.54) is 0 Å². The molecule has 1 heterocycles. The number of carbonyl (C=O) groups excluding carboxylic acids is 1. The maximum Gasteiger partial charge on any atom is 0.226 e. The van der Waals surface area contributed by atoms with Crippen molar-refractivity contribution in [1.29, 1.82) is 0 Å². The number of fused-ring (bicyclic) bond motifs is 1. The van der Waals surface area contributed by atoms with Gasteiger partial charge in [0.25, 0.3) is 0 Å². The van der Waals surface area contributed by atoms with Crippen LogP contribution >= 0.6 is 11.6 Å². The number of rotatable bonds is 6. The van der Waals surface area contributed by atoms with Crippen molar-refractivity contribution in [2.24, 2.45) is 11.8 Å². The number of benzene rings is 1. The van der Waals surface area contributed by atoms with E-state index in [-0.39, 0.29) is 11.8 Å². The molecule has 0 saturated carbocycles. The quantitative estimate of drug-likeness (QED) is 0.819. The Balaban J connectivity index is 1.85. The van der Waals surface area contributed by atoms with Gasteiger partial charge in [0.05, 0.1) is 5.92 Å². The molecule has 2 atom stereocenters. The Morgan fingerprint density at radius 3 is 3.05 bits per heavy atom. The maximum atomic E-state index is 12.2. The molecular weight excluding hydrogens is 274 g/mol. The Kier molecular flexibility index (Phi) is 5.72. The lowest BCUT2D eigenvalue weighted by Crippen LogP contribution is -2.39. The highest BCUT2D eigenvalue weighted by Crippen LogP contribution is 2.26. The molecule has 0 fully saturated rings. The summed E-state index contributed by atoms with van der Waals surface area (Å²) in [5.41, 5.74) is 1.12. The van der Waals surface area contributed by atoms with Gasteiger partial charge in [0.15, 0.2) is 0 Å². The van der Waals surface area contributed by atoms with Gasteiger partial charge < -0.3 is 10.1 Å². The summed E-state index contributed by atoms with van der Waals surface area (Å²) in [4.78, 5) is 12.2. The third-order valence-corrected chi connectivity index (χ3v) is 4.13. The van der Waals surface area contributed by atoms with Crippen molar-refractivity contribution in [1.82, 2.24) is 5.32 Å². The molecule has 0 bridgehead atoms. The Morgan fingerprint density at radius 2 is 2.30 bits per heavy atom. The zero-order valence-electron chi connectivity index (χ0n) is 11.9. The van der Waals surface area contributed by atoms with Gasteiger partial charge in [-0.1, -0.05) is 31.5 Å². The number of ether oxygens (including phenoxy) is 1. The van der Waals surface area contributed by atoms with Crippen LogP contribution in [0.3, 0.4) is 0 Å². The first-order chi connectivity index (χ1) is 9.74. The highest BCUT2D eigenvalue weighted by Gasteiger charge is 2.25. The molecular formula is C16H22ClNO2. The second-order valence-electron chi connectivity index (χ2n) is 5.32. The van der Waals surface area contributed by atoms with E-state index in [0.29, 0.717) is 24.9 Å². The Bertz CT molecular complexity index is 450. The van der Waals surface area contributed by atoms with Crippen molar-refractivity contribution in [2.75, 3.05) is 19.0 Å². The van der Waals surface area contributed by atoms with Crippen LogP contribution < -0.4 is 10.1 Å². The van der Waals surface area contributed by atoms with Gasteiger partial charge in [-0.05, 0) is 30.4 Å². The summed E-state index contributed by atoms with van der Waals surface area (Å²) in [6.07, 6.45) is 2.74. The lowest BCUT2D eigenvalue weighted by Gasteiger charge is -2.25. The number of hydrogen-bond acceptors (Lipinski definition) is 2. The topological polar surface area (TPSA) is 38.3 Å². The van der Waals surface area contributed by atoms with Crippen LogP contribution in [0, 0.1) is 11.8 Å². The van der Waals surface area contributed by atoms with Crippen molar-refractivity contribution in [3.8, 4) is 5.75 Å². The first kappa shape index (κ1) is 15.2.